The summed E-state index contributed by atoms with van der Waals surface area (Å²) in [6.45, 7) is 8.24. The molecule has 31 heavy (non-hydrogen) atoms. The van der Waals surface area contributed by atoms with E-state index in [0.29, 0.717) is 12.0 Å². The summed E-state index contributed by atoms with van der Waals surface area (Å²) in [4.78, 5) is 17.0. The van der Waals surface area contributed by atoms with E-state index in [-0.39, 0.29) is 23.9 Å². The van der Waals surface area contributed by atoms with E-state index in [1.54, 1.807) is 12.3 Å². The summed E-state index contributed by atoms with van der Waals surface area (Å²) in [6.07, 6.45) is 5.90. The van der Waals surface area contributed by atoms with E-state index in [1.165, 1.54) is 0 Å². The van der Waals surface area contributed by atoms with E-state index in [1.807, 2.05) is 43.3 Å². The Labute approximate surface area is 183 Å². The molecule has 1 aromatic carbocycles. The first-order valence-corrected chi connectivity index (χ1v) is 10.8. The van der Waals surface area contributed by atoms with Crippen LogP contribution in [0.15, 0.2) is 48.7 Å². The van der Waals surface area contributed by atoms with Gasteiger partial charge in [0.2, 0.25) is 0 Å². The lowest BCUT2D eigenvalue weighted by molar-refractivity contribution is -0.164. The molecule has 1 saturated heterocycles. The van der Waals surface area contributed by atoms with Crippen molar-refractivity contribution in [3.8, 4) is 17.2 Å². The summed E-state index contributed by atoms with van der Waals surface area (Å²) >= 11 is 0. The number of carbonyl (C=O) groups is 1. The third kappa shape index (κ3) is 3.36. The Morgan fingerprint density at radius 3 is 2.65 bits per heavy atom. The Bertz CT molecular complexity index is 1070. The molecule has 0 bridgehead atoms. The molecule has 5 heteroatoms. The van der Waals surface area contributed by atoms with E-state index in [0.717, 1.165) is 16.8 Å². The number of ether oxygens (including phenoxy) is 1. The number of nitriles is 1. The second-order valence-corrected chi connectivity index (χ2v) is 9.31. The standard InChI is InChI=1S/C26H28N2O3/c1-16-13-26(30)23(18(3)31-24(26)29)25(4,17(16)2)12-11-21-10-9-20(15-28-21)22-8-6-5-7-19(22)14-27/h5-12,15-18,23,30H,13H2,1-4H3/b12-11+/t16-,17+,18+,23-,25-,26?/m0/s1. The molecular weight excluding hydrogens is 388 g/mol. The quantitative estimate of drug-likeness (QED) is 0.739. The molecule has 2 aliphatic rings. The Morgan fingerprint density at radius 1 is 1.23 bits per heavy atom. The lowest BCUT2D eigenvalue weighted by Crippen LogP contribution is -2.57. The van der Waals surface area contributed by atoms with Gasteiger partial charge < -0.3 is 9.84 Å². The van der Waals surface area contributed by atoms with Crippen molar-refractivity contribution < 1.29 is 14.6 Å². The number of esters is 1. The third-order valence-corrected chi connectivity index (χ3v) is 7.53. The molecule has 0 radical (unpaired) electrons. The van der Waals surface area contributed by atoms with Crippen molar-refractivity contribution in [2.45, 2.75) is 45.8 Å². The molecule has 4 rings (SSSR count). The van der Waals surface area contributed by atoms with Crippen LogP contribution in [-0.2, 0) is 9.53 Å². The van der Waals surface area contributed by atoms with Crippen molar-refractivity contribution in [1.29, 1.82) is 5.26 Å². The summed E-state index contributed by atoms with van der Waals surface area (Å²) < 4.78 is 5.48. The van der Waals surface area contributed by atoms with Crippen molar-refractivity contribution in [2.75, 3.05) is 0 Å². The number of nitrogens with zero attached hydrogens (tertiary/aromatic N) is 2. The Hall–Kier alpha value is -2.97. The van der Waals surface area contributed by atoms with E-state index in [2.05, 4.69) is 37.9 Å². The van der Waals surface area contributed by atoms with Gasteiger partial charge in [0, 0.05) is 23.2 Å². The number of aromatic nitrogens is 1. The van der Waals surface area contributed by atoms with Crippen LogP contribution in [0.5, 0.6) is 0 Å². The second kappa shape index (κ2) is 7.62. The highest BCUT2D eigenvalue weighted by Crippen LogP contribution is 2.58. The van der Waals surface area contributed by atoms with Crippen LogP contribution in [0.4, 0.5) is 0 Å². The highest BCUT2D eigenvalue weighted by Gasteiger charge is 2.65. The Morgan fingerprint density at radius 2 is 1.97 bits per heavy atom. The molecule has 1 aromatic heterocycles. The maximum atomic E-state index is 12.4. The average molecular weight is 417 g/mol. The highest BCUT2D eigenvalue weighted by molar-refractivity contribution is 5.83. The van der Waals surface area contributed by atoms with E-state index in [9.17, 15) is 15.2 Å². The molecule has 2 heterocycles. The fourth-order valence-corrected chi connectivity index (χ4v) is 5.66. The molecular formula is C26H28N2O3. The zero-order valence-corrected chi connectivity index (χ0v) is 18.4. The van der Waals surface area contributed by atoms with E-state index < -0.39 is 17.0 Å². The maximum absolute atomic E-state index is 12.4. The first-order chi connectivity index (χ1) is 14.7. The molecule has 2 aromatic rings. The van der Waals surface area contributed by atoms with Crippen molar-refractivity contribution >= 4 is 12.0 Å². The molecule has 1 saturated carbocycles. The van der Waals surface area contributed by atoms with Crippen LogP contribution in [0.3, 0.4) is 0 Å². The maximum Gasteiger partial charge on any atom is 0.338 e. The summed E-state index contributed by atoms with van der Waals surface area (Å²) in [5.74, 6) is -0.377. The first-order valence-electron chi connectivity index (χ1n) is 10.8. The number of hydrogen-bond acceptors (Lipinski definition) is 5. The summed E-state index contributed by atoms with van der Waals surface area (Å²) in [7, 11) is 0. The van der Waals surface area contributed by atoms with Crippen molar-refractivity contribution in [2.24, 2.45) is 23.2 Å². The fourth-order valence-electron chi connectivity index (χ4n) is 5.66. The molecule has 6 atom stereocenters. The van der Waals surface area contributed by atoms with Crippen molar-refractivity contribution in [3.63, 3.8) is 0 Å². The van der Waals surface area contributed by atoms with Crippen LogP contribution >= 0.6 is 0 Å². The van der Waals surface area contributed by atoms with Gasteiger partial charge in [-0.15, -0.1) is 0 Å². The number of pyridine rings is 1. The topological polar surface area (TPSA) is 83.2 Å². The van der Waals surface area contributed by atoms with Gasteiger partial charge in [-0.05, 0) is 48.8 Å². The molecule has 1 N–H and O–H groups in total. The van der Waals surface area contributed by atoms with E-state index >= 15 is 0 Å². The number of cyclic esters (lactones) is 1. The molecule has 1 aliphatic heterocycles. The van der Waals surface area contributed by atoms with Crippen molar-refractivity contribution in [3.05, 3.63) is 59.9 Å². The molecule has 1 unspecified atom stereocenters. The molecule has 0 spiro atoms. The van der Waals surface area contributed by atoms with Gasteiger partial charge in [-0.2, -0.15) is 5.26 Å². The van der Waals surface area contributed by atoms with Crippen LogP contribution < -0.4 is 0 Å². The summed E-state index contributed by atoms with van der Waals surface area (Å²) in [5, 5.41) is 20.6. The van der Waals surface area contributed by atoms with E-state index in [4.69, 9.17) is 4.74 Å². The van der Waals surface area contributed by atoms with Crippen LogP contribution in [0, 0.1) is 34.5 Å². The average Bonchev–Trinajstić information content (AvgIpc) is 2.99. The minimum absolute atomic E-state index is 0.173. The Balaban J connectivity index is 1.65. The van der Waals surface area contributed by atoms with Gasteiger partial charge in [0.15, 0.2) is 5.60 Å². The lowest BCUT2D eigenvalue weighted by atomic mass is 9.52. The predicted molar refractivity (Wildman–Crippen MR) is 118 cm³/mol. The second-order valence-electron chi connectivity index (χ2n) is 9.31. The first kappa shape index (κ1) is 21.3. The predicted octanol–water partition coefficient (Wildman–Crippen LogP) is 4.61. The number of hydrogen-bond donors (Lipinski definition) is 1. The minimum Gasteiger partial charge on any atom is -0.460 e. The summed E-state index contributed by atoms with van der Waals surface area (Å²) in [6, 6.07) is 13.6. The number of allylic oxidation sites excluding steroid dienone is 1. The molecule has 160 valence electrons. The van der Waals surface area contributed by atoms with Gasteiger partial charge >= 0.3 is 5.97 Å². The minimum atomic E-state index is -1.44. The number of aliphatic hydroxyl groups is 1. The molecule has 5 nitrogen and oxygen atoms in total. The summed E-state index contributed by atoms with van der Waals surface area (Å²) in [5.41, 5.74) is 1.28. The largest absolute Gasteiger partial charge is 0.460 e. The van der Waals surface area contributed by atoms with Crippen LogP contribution in [0.25, 0.3) is 17.2 Å². The monoisotopic (exact) mass is 416 g/mol. The number of rotatable bonds is 3. The van der Waals surface area contributed by atoms with Gasteiger partial charge in [-0.1, -0.05) is 51.1 Å². The number of fused-ring (bicyclic) bond motifs is 1. The van der Waals surface area contributed by atoms with Crippen LogP contribution in [-0.4, -0.2) is 27.8 Å². The fraction of sp³-hybridized carbons (Fsp3) is 0.423. The van der Waals surface area contributed by atoms with Crippen LogP contribution in [0.1, 0.15) is 45.4 Å². The van der Waals surface area contributed by atoms with Crippen molar-refractivity contribution in [1.82, 2.24) is 4.98 Å². The molecule has 1 aliphatic carbocycles. The SMILES string of the molecule is C[C@@H]1[C@@H](C)CC2(O)C(=O)O[C@H](C)[C@H]2[C@@]1(C)/C=C/c1ccc(-c2ccccc2C#N)cn1. The zero-order valence-electron chi connectivity index (χ0n) is 18.4. The van der Waals surface area contributed by atoms with Gasteiger partial charge in [-0.3, -0.25) is 4.98 Å². The number of carbonyl (C=O) groups excluding carboxylic acids is 1. The van der Waals surface area contributed by atoms with Gasteiger partial charge in [-0.25, -0.2) is 4.79 Å². The van der Waals surface area contributed by atoms with Gasteiger partial charge in [0.05, 0.1) is 17.3 Å². The number of benzene rings is 1. The Kier molecular flexibility index (Phi) is 5.23. The van der Waals surface area contributed by atoms with Gasteiger partial charge in [0.1, 0.15) is 6.10 Å². The van der Waals surface area contributed by atoms with Crippen LogP contribution in [0.2, 0.25) is 0 Å². The molecule has 0 amide bonds. The third-order valence-electron chi connectivity index (χ3n) is 7.53. The normalized spacial score (nSPS) is 34.9. The zero-order chi connectivity index (χ0) is 22.4. The highest BCUT2D eigenvalue weighted by atomic mass is 16.6. The van der Waals surface area contributed by atoms with Gasteiger partial charge in [0.25, 0.3) is 0 Å². The smallest absolute Gasteiger partial charge is 0.338 e. The lowest BCUT2D eigenvalue weighted by Gasteiger charge is -2.51. The molecule has 2 fully saturated rings.